The maximum absolute atomic E-state index is 12.4. The molecule has 3 aromatic rings. The van der Waals surface area contributed by atoms with Crippen molar-refractivity contribution in [3.63, 3.8) is 0 Å². The van der Waals surface area contributed by atoms with Crippen LogP contribution in [0, 0.1) is 0 Å². The molecule has 0 aliphatic heterocycles. The largest absolute Gasteiger partial charge is 0.340 e. The van der Waals surface area contributed by atoms with Crippen LogP contribution in [0.3, 0.4) is 0 Å². The Kier molecular flexibility index (Phi) is 5.29. The van der Waals surface area contributed by atoms with Gasteiger partial charge in [0.05, 0.1) is 0 Å². The highest BCUT2D eigenvalue weighted by Gasteiger charge is 2.08. The van der Waals surface area contributed by atoms with Crippen molar-refractivity contribution >= 4 is 40.5 Å². The number of halogens is 1. The third kappa shape index (κ3) is 4.46. The number of benzene rings is 2. The number of hydrogen-bond acceptors (Lipinski definition) is 4. The lowest BCUT2D eigenvalue weighted by atomic mass is 10.1. The fraction of sp³-hybridized carbons (Fsp3) is 0.0500. The van der Waals surface area contributed by atoms with Crippen LogP contribution in [0.5, 0.6) is 0 Å². The van der Waals surface area contributed by atoms with E-state index in [-0.39, 0.29) is 11.7 Å². The monoisotopic (exact) mass is 365 g/mol. The van der Waals surface area contributed by atoms with Gasteiger partial charge in [-0.05, 0) is 49.4 Å². The smallest absolute Gasteiger partial charge is 0.255 e. The molecule has 0 aliphatic carbocycles. The molecule has 2 N–H and O–H groups in total. The number of carbonyl (C=O) groups is 2. The summed E-state index contributed by atoms with van der Waals surface area (Å²) in [6.07, 6.45) is 1.55. The van der Waals surface area contributed by atoms with Gasteiger partial charge in [-0.1, -0.05) is 29.8 Å². The first kappa shape index (κ1) is 17.6. The zero-order chi connectivity index (χ0) is 18.5. The molecule has 0 saturated carbocycles. The minimum absolute atomic E-state index is 0.0174. The summed E-state index contributed by atoms with van der Waals surface area (Å²) >= 11 is 5.93. The first-order valence-electron chi connectivity index (χ1n) is 7.92. The number of hydrogen-bond donors (Lipinski definition) is 2. The lowest BCUT2D eigenvalue weighted by Gasteiger charge is -2.09. The molecule has 0 bridgehead atoms. The average Bonchev–Trinajstić information content (AvgIpc) is 2.62. The van der Waals surface area contributed by atoms with Crippen LogP contribution >= 0.6 is 11.6 Å². The highest BCUT2D eigenvalue weighted by Crippen LogP contribution is 2.19. The van der Waals surface area contributed by atoms with E-state index in [1.54, 1.807) is 60.8 Å². The van der Waals surface area contributed by atoms with Gasteiger partial charge in [-0.15, -0.1) is 0 Å². The lowest BCUT2D eigenvalue weighted by Crippen LogP contribution is -2.12. The molecular formula is C20H16ClN3O2. The molecule has 0 radical (unpaired) electrons. The standard InChI is InChI=1S/C20H16ClN3O2/c1-13(25)14-4-2-6-17(10-14)23-19-11-15(8-9-22-19)20(26)24-18-7-3-5-16(21)12-18/h2-12H,1H3,(H,22,23)(H,24,26). The summed E-state index contributed by atoms with van der Waals surface area (Å²) in [5, 5.41) is 6.44. The highest BCUT2D eigenvalue weighted by molar-refractivity contribution is 6.31. The fourth-order valence-corrected chi connectivity index (χ4v) is 2.56. The summed E-state index contributed by atoms with van der Waals surface area (Å²) in [5.41, 5.74) is 2.38. The van der Waals surface area contributed by atoms with E-state index < -0.39 is 0 Å². The predicted octanol–water partition coefficient (Wildman–Crippen LogP) is 4.93. The van der Waals surface area contributed by atoms with E-state index in [0.717, 1.165) is 5.69 Å². The van der Waals surface area contributed by atoms with Crippen LogP contribution in [0.4, 0.5) is 17.2 Å². The molecule has 0 atom stereocenters. The summed E-state index contributed by atoms with van der Waals surface area (Å²) in [6.45, 7) is 1.51. The Morgan fingerprint density at radius 3 is 2.46 bits per heavy atom. The zero-order valence-electron chi connectivity index (χ0n) is 14.0. The quantitative estimate of drug-likeness (QED) is 0.628. The van der Waals surface area contributed by atoms with Crippen molar-refractivity contribution in [2.75, 3.05) is 10.6 Å². The number of carbonyl (C=O) groups excluding carboxylic acids is 2. The number of nitrogens with zero attached hydrogens (tertiary/aromatic N) is 1. The van der Waals surface area contributed by atoms with Gasteiger partial charge in [0.25, 0.3) is 5.91 Å². The molecule has 130 valence electrons. The van der Waals surface area contributed by atoms with E-state index in [1.807, 2.05) is 6.07 Å². The van der Waals surface area contributed by atoms with Crippen molar-refractivity contribution in [3.8, 4) is 0 Å². The SMILES string of the molecule is CC(=O)c1cccc(Nc2cc(C(=O)Nc3cccc(Cl)c3)ccn2)c1. The van der Waals surface area contributed by atoms with Crippen LogP contribution in [0.15, 0.2) is 66.9 Å². The normalized spacial score (nSPS) is 10.2. The third-order valence-electron chi connectivity index (χ3n) is 3.65. The summed E-state index contributed by atoms with van der Waals surface area (Å²) in [6, 6.07) is 17.3. The van der Waals surface area contributed by atoms with Crippen LogP contribution < -0.4 is 10.6 Å². The van der Waals surface area contributed by atoms with Crippen LogP contribution in [0.2, 0.25) is 5.02 Å². The van der Waals surface area contributed by atoms with Crippen LogP contribution in [0.1, 0.15) is 27.6 Å². The molecule has 0 unspecified atom stereocenters. The number of pyridine rings is 1. The van der Waals surface area contributed by atoms with E-state index in [9.17, 15) is 9.59 Å². The molecular weight excluding hydrogens is 350 g/mol. The molecule has 1 amide bonds. The number of Topliss-reactive ketones (excluding diaryl/α,β-unsaturated/α-hetero) is 1. The number of amides is 1. The van der Waals surface area contributed by atoms with E-state index >= 15 is 0 Å². The first-order chi connectivity index (χ1) is 12.5. The topological polar surface area (TPSA) is 71.1 Å². The van der Waals surface area contributed by atoms with E-state index in [2.05, 4.69) is 15.6 Å². The van der Waals surface area contributed by atoms with Gasteiger partial charge in [-0.2, -0.15) is 0 Å². The Morgan fingerprint density at radius 1 is 0.923 bits per heavy atom. The van der Waals surface area contributed by atoms with Gasteiger partial charge in [0.2, 0.25) is 0 Å². The lowest BCUT2D eigenvalue weighted by molar-refractivity contribution is 0.101. The molecule has 0 saturated heterocycles. The maximum Gasteiger partial charge on any atom is 0.255 e. The van der Waals surface area contributed by atoms with Crippen molar-refractivity contribution in [2.24, 2.45) is 0 Å². The Morgan fingerprint density at radius 2 is 1.69 bits per heavy atom. The summed E-state index contributed by atoms with van der Waals surface area (Å²) in [7, 11) is 0. The fourth-order valence-electron chi connectivity index (χ4n) is 2.37. The minimum Gasteiger partial charge on any atom is -0.340 e. The van der Waals surface area contributed by atoms with Crippen molar-refractivity contribution < 1.29 is 9.59 Å². The van der Waals surface area contributed by atoms with E-state index in [0.29, 0.717) is 27.7 Å². The summed E-state index contributed by atoms with van der Waals surface area (Å²) < 4.78 is 0. The van der Waals surface area contributed by atoms with Gasteiger partial charge in [-0.3, -0.25) is 9.59 Å². The van der Waals surface area contributed by atoms with Crippen molar-refractivity contribution in [3.05, 3.63) is 83.0 Å². The molecule has 26 heavy (non-hydrogen) atoms. The Labute approximate surface area is 156 Å². The number of aromatic nitrogens is 1. The Bertz CT molecular complexity index is 973. The van der Waals surface area contributed by atoms with Gasteiger partial charge in [0.15, 0.2) is 5.78 Å². The Hall–Kier alpha value is -3.18. The molecule has 0 aliphatic rings. The predicted molar refractivity (Wildman–Crippen MR) is 103 cm³/mol. The van der Waals surface area contributed by atoms with E-state index in [1.165, 1.54) is 6.92 Å². The van der Waals surface area contributed by atoms with Crippen molar-refractivity contribution in [1.29, 1.82) is 0 Å². The van der Waals surface area contributed by atoms with Gasteiger partial charge < -0.3 is 10.6 Å². The van der Waals surface area contributed by atoms with Crippen LogP contribution in [0.25, 0.3) is 0 Å². The molecule has 2 aromatic carbocycles. The van der Waals surface area contributed by atoms with Gasteiger partial charge in [0, 0.05) is 33.7 Å². The second kappa shape index (κ2) is 7.80. The van der Waals surface area contributed by atoms with Crippen LogP contribution in [-0.4, -0.2) is 16.7 Å². The van der Waals surface area contributed by atoms with Gasteiger partial charge in [0.1, 0.15) is 5.82 Å². The molecule has 1 aromatic heterocycles. The number of rotatable bonds is 5. The van der Waals surface area contributed by atoms with Gasteiger partial charge in [-0.25, -0.2) is 4.98 Å². The van der Waals surface area contributed by atoms with Crippen molar-refractivity contribution in [1.82, 2.24) is 4.98 Å². The molecule has 0 spiro atoms. The number of ketones is 1. The Balaban J connectivity index is 1.76. The summed E-state index contributed by atoms with van der Waals surface area (Å²) in [5.74, 6) is 0.218. The molecule has 3 rings (SSSR count). The average molecular weight is 366 g/mol. The third-order valence-corrected chi connectivity index (χ3v) is 3.88. The minimum atomic E-state index is -0.268. The zero-order valence-corrected chi connectivity index (χ0v) is 14.7. The summed E-state index contributed by atoms with van der Waals surface area (Å²) in [4.78, 5) is 28.1. The first-order valence-corrected chi connectivity index (χ1v) is 8.30. The number of anilines is 3. The van der Waals surface area contributed by atoms with Gasteiger partial charge >= 0.3 is 0 Å². The molecule has 1 heterocycles. The molecule has 5 nitrogen and oxygen atoms in total. The van der Waals surface area contributed by atoms with E-state index in [4.69, 9.17) is 11.6 Å². The second-order valence-electron chi connectivity index (χ2n) is 5.66. The highest BCUT2D eigenvalue weighted by atomic mass is 35.5. The number of nitrogens with one attached hydrogen (secondary N) is 2. The molecule has 6 heteroatoms. The second-order valence-corrected chi connectivity index (χ2v) is 6.09. The van der Waals surface area contributed by atoms with Crippen molar-refractivity contribution in [2.45, 2.75) is 6.92 Å². The van der Waals surface area contributed by atoms with Crippen LogP contribution in [-0.2, 0) is 0 Å². The maximum atomic E-state index is 12.4. The molecule has 0 fully saturated rings.